The molecule has 0 radical (unpaired) electrons. The molecule has 1 amide bonds. The molecule has 154 valence electrons. The predicted molar refractivity (Wildman–Crippen MR) is 97.4 cm³/mol. The molecule has 0 saturated carbocycles. The summed E-state index contributed by atoms with van der Waals surface area (Å²) in [6, 6.07) is 1.72. The number of hydrogen-bond acceptors (Lipinski definition) is 3. The molecule has 1 atom stereocenters. The SMILES string of the molecule is Cc1cc(O)c(C(C)C)cc1NC(=O)C(C)n1nc(C(F)F)c(Cl)c1C(F)F. The molecule has 1 aromatic heterocycles. The number of carbonyl (C=O) groups is 1. The summed E-state index contributed by atoms with van der Waals surface area (Å²) < 4.78 is 53.1. The van der Waals surface area contributed by atoms with Gasteiger partial charge < -0.3 is 10.4 Å². The maximum atomic E-state index is 13.3. The zero-order chi connectivity index (χ0) is 21.3. The third-order valence-corrected chi connectivity index (χ3v) is 4.71. The van der Waals surface area contributed by atoms with E-state index in [1.165, 1.54) is 13.0 Å². The van der Waals surface area contributed by atoms with Crippen molar-refractivity contribution in [2.24, 2.45) is 0 Å². The summed E-state index contributed by atoms with van der Waals surface area (Å²) in [7, 11) is 0. The second kappa shape index (κ2) is 8.38. The Morgan fingerprint density at radius 1 is 1.18 bits per heavy atom. The number of halogens is 5. The Morgan fingerprint density at radius 2 is 1.79 bits per heavy atom. The summed E-state index contributed by atoms with van der Waals surface area (Å²) in [4.78, 5) is 12.6. The molecule has 2 N–H and O–H groups in total. The number of alkyl halides is 4. The molecule has 2 aromatic rings. The normalized spacial score (nSPS) is 12.9. The van der Waals surface area contributed by atoms with Gasteiger partial charge in [0, 0.05) is 5.69 Å². The highest BCUT2D eigenvalue weighted by atomic mass is 35.5. The van der Waals surface area contributed by atoms with Crippen molar-refractivity contribution in [3.63, 3.8) is 0 Å². The molecule has 0 aliphatic carbocycles. The molecular formula is C18H20ClF4N3O2. The van der Waals surface area contributed by atoms with Crippen LogP contribution in [-0.2, 0) is 4.79 Å². The van der Waals surface area contributed by atoms with Crippen molar-refractivity contribution < 1.29 is 27.5 Å². The Morgan fingerprint density at radius 3 is 2.29 bits per heavy atom. The van der Waals surface area contributed by atoms with Crippen molar-refractivity contribution >= 4 is 23.2 Å². The van der Waals surface area contributed by atoms with E-state index in [-0.39, 0.29) is 11.7 Å². The van der Waals surface area contributed by atoms with Gasteiger partial charge in [-0.15, -0.1) is 0 Å². The molecule has 2 rings (SSSR count). The van der Waals surface area contributed by atoms with Gasteiger partial charge in [0.2, 0.25) is 5.91 Å². The van der Waals surface area contributed by atoms with Crippen LogP contribution in [0.2, 0.25) is 5.02 Å². The van der Waals surface area contributed by atoms with Gasteiger partial charge in [0.05, 0.1) is 5.02 Å². The van der Waals surface area contributed by atoms with Crippen LogP contribution in [0.25, 0.3) is 0 Å². The molecule has 1 aromatic carbocycles. The highest BCUT2D eigenvalue weighted by molar-refractivity contribution is 6.32. The fourth-order valence-electron chi connectivity index (χ4n) is 2.73. The van der Waals surface area contributed by atoms with E-state index in [1.807, 2.05) is 13.8 Å². The summed E-state index contributed by atoms with van der Waals surface area (Å²) in [5.74, 6) is -0.707. The number of aromatic hydroxyl groups is 1. The van der Waals surface area contributed by atoms with E-state index in [0.29, 0.717) is 21.5 Å². The topological polar surface area (TPSA) is 67.2 Å². The third-order valence-electron chi connectivity index (χ3n) is 4.33. The molecule has 1 heterocycles. The van der Waals surface area contributed by atoms with Crippen LogP contribution in [0.1, 0.15) is 68.1 Å². The average molecular weight is 422 g/mol. The lowest BCUT2D eigenvalue weighted by Crippen LogP contribution is -2.26. The quantitative estimate of drug-likeness (QED) is 0.461. The largest absolute Gasteiger partial charge is 0.508 e. The molecule has 0 bridgehead atoms. The number of anilines is 1. The number of nitrogens with one attached hydrogen (secondary N) is 1. The van der Waals surface area contributed by atoms with E-state index in [0.717, 1.165) is 0 Å². The van der Waals surface area contributed by atoms with Gasteiger partial charge in [0.15, 0.2) is 0 Å². The van der Waals surface area contributed by atoms with Crippen LogP contribution in [0.5, 0.6) is 5.75 Å². The first kappa shape index (κ1) is 22.0. The van der Waals surface area contributed by atoms with Gasteiger partial charge in [-0.3, -0.25) is 4.79 Å². The zero-order valence-corrected chi connectivity index (χ0v) is 16.4. The van der Waals surface area contributed by atoms with E-state index < -0.39 is 41.2 Å². The maximum absolute atomic E-state index is 13.3. The van der Waals surface area contributed by atoms with Crippen LogP contribution in [-0.4, -0.2) is 20.8 Å². The van der Waals surface area contributed by atoms with E-state index >= 15 is 0 Å². The molecule has 0 aliphatic heterocycles. The van der Waals surface area contributed by atoms with Crippen molar-refractivity contribution in [1.82, 2.24) is 9.78 Å². The minimum absolute atomic E-state index is 0.0300. The number of carbonyl (C=O) groups excluding carboxylic acids is 1. The van der Waals surface area contributed by atoms with Gasteiger partial charge >= 0.3 is 0 Å². The van der Waals surface area contributed by atoms with Gasteiger partial charge in [0.1, 0.15) is 23.2 Å². The molecule has 0 spiro atoms. The summed E-state index contributed by atoms with van der Waals surface area (Å²) in [6.07, 6.45) is -6.35. The smallest absolute Gasteiger partial charge is 0.283 e. The molecule has 1 unspecified atom stereocenters. The molecule has 10 heteroatoms. The highest BCUT2D eigenvalue weighted by Gasteiger charge is 2.32. The Kier molecular flexibility index (Phi) is 6.59. The fraction of sp³-hybridized carbons (Fsp3) is 0.444. The van der Waals surface area contributed by atoms with Gasteiger partial charge in [0.25, 0.3) is 12.9 Å². The van der Waals surface area contributed by atoms with Crippen molar-refractivity contribution in [1.29, 1.82) is 0 Å². The number of aromatic nitrogens is 2. The average Bonchev–Trinajstić information content (AvgIpc) is 2.93. The minimum Gasteiger partial charge on any atom is -0.508 e. The summed E-state index contributed by atoms with van der Waals surface area (Å²) in [6.45, 7) is 6.60. The number of benzene rings is 1. The number of amides is 1. The van der Waals surface area contributed by atoms with Crippen LogP contribution < -0.4 is 5.32 Å². The first-order valence-corrected chi connectivity index (χ1v) is 8.81. The molecule has 0 aliphatic rings. The lowest BCUT2D eigenvalue weighted by atomic mass is 9.99. The maximum Gasteiger partial charge on any atom is 0.283 e. The summed E-state index contributed by atoms with van der Waals surface area (Å²) >= 11 is 5.62. The molecular weight excluding hydrogens is 402 g/mol. The van der Waals surface area contributed by atoms with E-state index in [2.05, 4.69) is 10.4 Å². The molecule has 0 saturated heterocycles. The Balaban J connectivity index is 2.39. The second-order valence-electron chi connectivity index (χ2n) is 6.68. The van der Waals surface area contributed by atoms with E-state index in [9.17, 15) is 27.5 Å². The van der Waals surface area contributed by atoms with Crippen molar-refractivity contribution in [2.45, 2.75) is 52.5 Å². The first-order chi connectivity index (χ1) is 13.0. The third kappa shape index (κ3) is 4.24. The highest BCUT2D eigenvalue weighted by Crippen LogP contribution is 2.36. The van der Waals surface area contributed by atoms with Crippen molar-refractivity contribution in [3.8, 4) is 5.75 Å². The van der Waals surface area contributed by atoms with Crippen LogP contribution in [0.15, 0.2) is 12.1 Å². The molecule has 0 fully saturated rings. The summed E-state index contributed by atoms with van der Waals surface area (Å²) in [5.41, 5.74) is -0.444. The van der Waals surface area contributed by atoms with Gasteiger partial charge in [-0.2, -0.15) is 5.10 Å². The monoisotopic (exact) mass is 421 g/mol. The lowest BCUT2D eigenvalue weighted by molar-refractivity contribution is -0.119. The van der Waals surface area contributed by atoms with Gasteiger partial charge in [-0.1, -0.05) is 25.4 Å². The number of phenolic OH excluding ortho intramolecular Hbond substituents is 1. The Bertz CT molecular complexity index is 884. The summed E-state index contributed by atoms with van der Waals surface area (Å²) in [5, 5.41) is 15.1. The van der Waals surface area contributed by atoms with Crippen LogP contribution in [0, 0.1) is 6.92 Å². The van der Waals surface area contributed by atoms with Crippen molar-refractivity contribution in [3.05, 3.63) is 39.7 Å². The molecule has 28 heavy (non-hydrogen) atoms. The lowest BCUT2D eigenvalue weighted by Gasteiger charge is -2.18. The fourth-order valence-corrected chi connectivity index (χ4v) is 3.02. The van der Waals surface area contributed by atoms with Gasteiger partial charge in [-0.05, 0) is 43.0 Å². The standard InChI is InChI=1S/C18H20ClF4N3O2/c1-7(2)10-6-11(8(3)5-12(10)27)24-18(28)9(4)26-15(17(22)23)13(19)14(25-26)16(20)21/h5-7,9,16-17,27H,1-4H3,(H,24,28). The second-order valence-corrected chi connectivity index (χ2v) is 7.05. The van der Waals surface area contributed by atoms with Gasteiger partial charge in [-0.25, -0.2) is 22.2 Å². The van der Waals surface area contributed by atoms with E-state index in [1.54, 1.807) is 13.0 Å². The number of nitrogens with zero attached hydrogens (tertiary/aromatic N) is 2. The minimum atomic E-state index is -3.19. The zero-order valence-electron chi connectivity index (χ0n) is 15.6. The number of hydrogen-bond donors (Lipinski definition) is 2. The number of aryl methyl sites for hydroxylation is 1. The van der Waals surface area contributed by atoms with Crippen molar-refractivity contribution in [2.75, 3.05) is 5.32 Å². The van der Waals surface area contributed by atoms with Crippen LogP contribution in [0.4, 0.5) is 23.2 Å². The Labute approximate surface area is 164 Å². The van der Waals surface area contributed by atoms with Crippen LogP contribution >= 0.6 is 11.6 Å². The number of rotatable bonds is 6. The van der Waals surface area contributed by atoms with E-state index in [4.69, 9.17) is 11.6 Å². The van der Waals surface area contributed by atoms with Crippen LogP contribution in [0.3, 0.4) is 0 Å². The Hall–Kier alpha value is -2.29. The predicted octanol–water partition coefficient (Wildman–Crippen LogP) is 5.75. The number of phenols is 1. The first-order valence-electron chi connectivity index (χ1n) is 8.44. The molecule has 5 nitrogen and oxygen atoms in total.